The lowest BCUT2D eigenvalue weighted by Gasteiger charge is -2.28. The second-order valence-corrected chi connectivity index (χ2v) is 8.43. The Kier molecular flexibility index (Phi) is 7.58. The number of rotatable bonds is 9. The number of aromatic nitrogens is 3. The summed E-state index contributed by atoms with van der Waals surface area (Å²) in [6.45, 7) is 7.75. The van der Waals surface area contributed by atoms with Gasteiger partial charge in [-0.15, -0.1) is 16.8 Å². The number of nitrogens with one attached hydrogen (secondary N) is 1. The molecule has 7 nitrogen and oxygen atoms in total. The number of hydrogen-bond acceptors (Lipinski definition) is 6. The maximum absolute atomic E-state index is 12.4. The summed E-state index contributed by atoms with van der Waals surface area (Å²) in [7, 11) is 0. The number of hydrogen-bond donors (Lipinski definition) is 1. The first-order valence-corrected chi connectivity index (χ1v) is 11.7. The van der Waals surface area contributed by atoms with Crippen molar-refractivity contribution >= 4 is 29.0 Å². The molecule has 1 saturated heterocycles. The van der Waals surface area contributed by atoms with E-state index < -0.39 is 0 Å². The first kappa shape index (κ1) is 22.1. The number of carbonyl (C=O) groups excluding carboxylic acids is 1. The second-order valence-electron chi connectivity index (χ2n) is 7.36. The van der Waals surface area contributed by atoms with Crippen molar-refractivity contribution in [3.05, 3.63) is 67.3 Å². The Morgan fingerprint density at radius 3 is 2.56 bits per heavy atom. The largest absolute Gasteiger partial charge is 0.378 e. The SMILES string of the molecule is C=CCn1c(SCCC(=O)Nc2ccc(N3CCOCC3)cc2)nnc1-c1ccccc1. The monoisotopic (exact) mass is 449 g/mol. The van der Waals surface area contributed by atoms with Gasteiger partial charge in [0.05, 0.1) is 13.2 Å². The third-order valence-electron chi connectivity index (χ3n) is 5.15. The highest BCUT2D eigenvalue weighted by Gasteiger charge is 2.14. The van der Waals surface area contributed by atoms with Gasteiger partial charge in [0.25, 0.3) is 0 Å². The molecule has 8 heteroatoms. The number of anilines is 2. The second kappa shape index (κ2) is 11.0. The number of thioether (sulfide) groups is 1. The predicted octanol–water partition coefficient (Wildman–Crippen LogP) is 4.09. The Balaban J connectivity index is 1.30. The topological polar surface area (TPSA) is 72.3 Å². The van der Waals surface area contributed by atoms with Gasteiger partial charge >= 0.3 is 0 Å². The molecule has 0 spiro atoms. The van der Waals surface area contributed by atoms with Crippen molar-refractivity contribution in [3.63, 3.8) is 0 Å². The van der Waals surface area contributed by atoms with Crippen LogP contribution in [0.4, 0.5) is 11.4 Å². The van der Waals surface area contributed by atoms with E-state index in [0.29, 0.717) is 18.7 Å². The van der Waals surface area contributed by atoms with Gasteiger partial charge in [-0.05, 0) is 24.3 Å². The van der Waals surface area contributed by atoms with Gasteiger partial charge in [0, 0.05) is 48.7 Å². The van der Waals surface area contributed by atoms with Gasteiger partial charge in [0.15, 0.2) is 11.0 Å². The van der Waals surface area contributed by atoms with Crippen LogP contribution < -0.4 is 10.2 Å². The Morgan fingerprint density at radius 2 is 1.84 bits per heavy atom. The first-order chi connectivity index (χ1) is 15.7. The van der Waals surface area contributed by atoms with Crippen molar-refractivity contribution in [1.82, 2.24) is 14.8 Å². The highest BCUT2D eigenvalue weighted by atomic mass is 32.2. The fourth-order valence-electron chi connectivity index (χ4n) is 3.53. The van der Waals surface area contributed by atoms with Gasteiger partial charge in [-0.25, -0.2) is 0 Å². The highest BCUT2D eigenvalue weighted by Crippen LogP contribution is 2.25. The number of ether oxygens (including phenoxy) is 1. The predicted molar refractivity (Wildman–Crippen MR) is 129 cm³/mol. The summed E-state index contributed by atoms with van der Waals surface area (Å²) in [5.41, 5.74) is 2.96. The normalized spacial score (nSPS) is 13.7. The molecule has 166 valence electrons. The summed E-state index contributed by atoms with van der Waals surface area (Å²) in [5, 5.41) is 12.4. The number of morpholine rings is 1. The molecular weight excluding hydrogens is 422 g/mol. The quantitative estimate of drug-likeness (QED) is 0.392. The van der Waals surface area contributed by atoms with Crippen LogP contribution in [-0.2, 0) is 16.1 Å². The summed E-state index contributed by atoms with van der Waals surface area (Å²) in [6.07, 6.45) is 2.21. The molecule has 1 amide bonds. The zero-order chi connectivity index (χ0) is 22.2. The van der Waals surface area contributed by atoms with Gasteiger partial charge in [-0.2, -0.15) is 0 Å². The minimum Gasteiger partial charge on any atom is -0.378 e. The third kappa shape index (κ3) is 5.57. The molecule has 2 heterocycles. The number of benzene rings is 2. The maximum Gasteiger partial charge on any atom is 0.225 e. The number of amides is 1. The zero-order valence-electron chi connectivity index (χ0n) is 17.9. The van der Waals surface area contributed by atoms with Crippen molar-refractivity contribution in [2.45, 2.75) is 18.1 Å². The van der Waals surface area contributed by atoms with Crippen molar-refractivity contribution in [3.8, 4) is 11.4 Å². The van der Waals surface area contributed by atoms with Crippen LogP contribution >= 0.6 is 11.8 Å². The average Bonchev–Trinajstić information content (AvgIpc) is 3.23. The van der Waals surface area contributed by atoms with Crippen LogP contribution in [-0.4, -0.2) is 52.7 Å². The van der Waals surface area contributed by atoms with Crippen LogP contribution in [0.3, 0.4) is 0 Å². The molecule has 0 atom stereocenters. The van der Waals surface area contributed by atoms with Gasteiger partial charge in [-0.3, -0.25) is 9.36 Å². The molecule has 32 heavy (non-hydrogen) atoms. The molecule has 1 aliphatic rings. The molecule has 1 aliphatic heterocycles. The van der Waals surface area contributed by atoms with Crippen LogP contribution in [0.2, 0.25) is 0 Å². The fraction of sp³-hybridized carbons (Fsp3) is 0.292. The molecule has 4 rings (SSSR count). The molecule has 0 aliphatic carbocycles. The van der Waals surface area contributed by atoms with Gasteiger partial charge in [0.1, 0.15) is 0 Å². The van der Waals surface area contributed by atoms with E-state index in [1.807, 2.05) is 65.2 Å². The molecule has 0 radical (unpaired) electrons. The fourth-order valence-corrected chi connectivity index (χ4v) is 4.41. The van der Waals surface area contributed by atoms with Crippen LogP contribution in [0.15, 0.2) is 72.4 Å². The lowest BCUT2D eigenvalue weighted by atomic mass is 10.2. The molecular formula is C24H27N5O2S. The molecule has 2 aromatic carbocycles. The van der Waals surface area contributed by atoms with Crippen LogP contribution in [0, 0.1) is 0 Å². The van der Waals surface area contributed by atoms with Crippen LogP contribution in [0.1, 0.15) is 6.42 Å². The zero-order valence-corrected chi connectivity index (χ0v) is 18.8. The minimum atomic E-state index is -0.0188. The Labute approximate surface area is 192 Å². The van der Waals surface area contributed by atoms with Crippen molar-refractivity contribution in [2.75, 3.05) is 42.3 Å². The van der Waals surface area contributed by atoms with Crippen LogP contribution in [0.25, 0.3) is 11.4 Å². The first-order valence-electron chi connectivity index (χ1n) is 10.7. The van der Waals surface area contributed by atoms with Gasteiger partial charge in [0.2, 0.25) is 5.91 Å². The number of allylic oxidation sites excluding steroid dienone is 1. The lowest BCUT2D eigenvalue weighted by molar-refractivity contribution is -0.115. The summed E-state index contributed by atoms with van der Waals surface area (Å²) >= 11 is 1.52. The highest BCUT2D eigenvalue weighted by molar-refractivity contribution is 7.99. The average molecular weight is 450 g/mol. The maximum atomic E-state index is 12.4. The molecule has 0 saturated carbocycles. The smallest absolute Gasteiger partial charge is 0.225 e. The summed E-state index contributed by atoms with van der Waals surface area (Å²) in [6, 6.07) is 17.9. The Bertz CT molecular complexity index is 1030. The van der Waals surface area contributed by atoms with E-state index in [0.717, 1.165) is 54.2 Å². The van der Waals surface area contributed by atoms with E-state index in [9.17, 15) is 4.79 Å². The van der Waals surface area contributed by atoms with Crippen molar-refractivity contribution in [1.29, 1.82) is 0 Å². The molecule has 0 unspecified atom stereocenters. The molecule has 1 fully saturated rings. The van der Waals surface area contributed by atoms with Gasteiger partial charge < -0.3 is 15.0 Å². The van der Waals surface area contributed by atoms with E-state index in [2.05, 4.69) is 27.0 Å². The molecule has 1 N–H and O–H groups in total. The number of carbonyl (C=O) groups is 1. The molecule has 0 bridgehead atoms. The van der Waals surface area contributed by atoms with E-state index in [4.69, 9.17) is 4.74 Å². The lowest BCUT2D eigenvalue weighted by Crippen LogP contribution is -2.36. The third-order valence-corrected chi connectivity index (χ3v) is 6.12. The number of nitrogens with zero attached hydrogens (tertiary/aromatic N) is 4. The summed E-state index contributed by atoms with van der Waals surface area (Å²) < 4.78 is 7.42. The van der Waals surface area contributed by atoms with E-state index >= 15 is 0 Å². The van der Waals surface area contributed by atoms with E-state index in [1.54, 1.807) is 0 Å². The van der Waals surface area contributed by atoms with E-state index in [-0.39, 0.29) is 5.91 Å². The molecule has 3 aromatic rings. The summed E-state index contributed by atoms with van der Waals surface area (Å²) in [4.78, 5) is 14.7. The van der Waals surface area contributed by atoms with Crippen LogP contribution in [0.5, 0.6) is 0 Å². The van der Waals surface area contributed by atoms with Gasteiger partial charge in [-0.1, -0.05) is 48.2 Å². The standard InChI is InChI=1S/C24H27N5O2S/c1-2-13-29-23(19-6-4-3-5-7-19)26-27-24(29)32-18-12-22(30)25-20-8-10-21(11-9-20)28-14-16-31-17-15-28/h2-11H,1,12-18H2,(H,25,30). The van der Waals surface area contributed by atoms with Crippen molar-refractivity contribution in [2.24, 2.45) is 0 Å². The minimum absolute atomic E-state index is 0.0188. The van der Waals surface area contributed by atoms with Crippen molar-refractivity contribution < 1.29 is 9.53 Å². The summed E-state index contributed by atoms with van der Waals surface area (Å²) in [5.74, 6) is 1.40. The molecule has 1 aromatic heterocycles. The van der Waals surface area contributed by atoms with E-state index in [1.165, 1.54) is 11.8 Å². The Morgan fingerprint density at radius 1 is 1.09 bits per heavy atom. The Hall–Kier alpha value is -3.10.